The summed E-state index contributed by atoms with van der Waals surface area (Å²) in [4.78, 5) is 39.6. The maximum Gasteiger partial charge on any atom is 0.410 e. The summed E-state index contributed by atoms with van der Waals surface area (Å²) in [5.41, 5.74) is 6.81. The lowest BCUT2D eigenvalue weighted by Crippen LogP contribution is -2.57. The number of nitrogens with two attached hydrogens (primary N) is 1. The molecule has 2 N–H and O–H groups in total. The van der Waals surface area contributed by atoms with E-state index in [1.807, 2.05) is 25.7 Å². The Morgan fingerprint density at radius 1 is 1.18 bits per heavy atom. The molecule has 1 fully saturated rings. The maximum absolute atomic E-state index is 16.7. The third kappa shape index (κ3) is 5.21. The molecule has 236 valence electrons. The topological polar surface area (TPSA) is 116 Å². The summed E-state index contributed by atoms with van der Waals surface area (Å²) in [7, 11) is 0. The van der Waals surface area contributed by atoms with Crippen LogP contribution in [0.5, 0.6) is 5.75 Å². The number of benzene rings is 2. The number of carbonyl (C=O) groups excluding carboxylic acids is 1. The van der Waals surface area contributed by atoms with Crippen LogP contribution in [-0.2, 0) is 4.74 Å². The van der Waals surface area contributed by atoms with Gasteiger partial charge in [0.05, 0.1) is 28.3 Å². The van der Waals surface area contributed by atoms with Crippen LogP contribution in [0.3, 0.4) is 0 Å². The fourth-order valence-electron chi connectivity index (χ4n) is 6.11. The lowest BCUT2D eigenvalue weighted by atomic mass is 9.98. The molecule has 4 aromatic rings. The number of amides is 1. The number of pyridine rings is 1. The van der Waals surface area contributed by atoms with Gasteiger partial charge in [-0.15, -0.1) is 0 Å². The smallest absolute Gasteiger partial charge is 0.410 e. The molecule has 10 nitrogen and oxygen atoms in total. The summed E-state index contributed by atoms with van der Waals surface area (Å²) in [5, 5.41) is 0.261. The highest BCUT2D eigenvalue weighted by atomic mass is 19.1. The molecular formula is C33H36F2N6O4. The molecule has 0 unspecified atom stereocenters. The molecule has 0 bridgehead atoms. The molecule has 2 aliphatic heterocycles. The summed E-state index contributed by atoms with van der Waals surface area (Å²) < 4.78 is 45.1. The van der Waals surface area contributed by atoms with Gasteiger partial charge in [0.25, 0.3) is 0 Å². The first-order valence-corrected chi connectivity index (χ1v) is 14.9. The van der Waals surface area contributed by atoms with Crippen LogP contribution in [0.25, 0.3) is 27.7 Å². The first-order chi connectivity index (χ1) is 21.3. The molecule has 1 saturated heterocycles. The third-order valence-electron chi connectivity index (χ3n) is 8.12. The van der Waals surface area contributed by atoms with Crippen LogP contribution in [0, 0.1) is 18.6 Å². The van der Waals surface area contributed by atoms with Crippen molar-refractivity contribution in [3.63, 3.8) is 0 Å². The van der Waals surface area contributed by atoms with Crippen LogP contribution >= 0.6 is 0 Å². The minimum atomic E-state index is -0.830. The number of rotatable bonds is 3. The molecule has 0 saturated carbocycles. The molecule has 2 aliphatic rings. The van der Waals surface area contributed by atoms with Crippen molar-refractivity contribution in [1.29, 1.82) is 0 Å². The molecule has 4 heterocycles. The van der Waals surface area contributed by atoms with E-state index in [9.17, 15) is 9.59 Å². The number of anilines is 2. The van der Waals surface area contributed by atoms with Crippen molar-refractivity contribution in [3.8, 4) is 22.6 Å². The number of aromatic nitrogens is 3. The van der Waals surface area contributed by atoms with E-state index in [0.29, 0.717) is 24.5 Å². The number of fused-ring (bicyclic) bond motifs is 2. The van der Waals surface area contributed by atoms with E-state index in [1.165, 1.54) is 28.8 Å². The van der Waals surface area contributed by atoms with Crippen molar-refractivity contribution >= 4 is 28.5 Å². The molecule has 0 radical (unpaired) electrons. The highest BCUT2D eigenvalue weighted by Crippen LogP contribution is 2.45. The molecule has 6 rings (SSSR count). The highest BCUT2D eigenvalue weighted by Gasteiger charge is 2.38. The summed E-state index contributed by atoms with van der Waals surface area (Å²) >= 11 is 0. The largest absolute Gasteiger partial charge is 0.487 e. The monoisotopic (exact) mass is 618 g/mol. The van der Waals surface area contributed by atoms with Crippen LogP contribution in [0.1, 0.15) is 51.8 Å². The second-order valence-electron chi connectivity index (χ2n) is 12.8. The van der Waals surface area contributed by atoms with Gasteiger partial charge >= 0.3 is 11.8 Å². The Kier molecular flexibility index (Phi) is 7.41. The van der Waals surface area contributed by atoms with Crippen molar-refractivity contribution in [2.24, 2.45) is 0 Å². The lowest BCUT2D eigenvalue weighted by Gasteiger charge is -2.41. The average molecular weight is 619 g/mol. The Balaban J connectivity index is 1.63. The molecule has 1 amide bonds. The number of halogens is 2. The maximum atomic E-state index is 16.7. The zero-order valence-electron chi connectivity index (χ0n) is 26.1. The minimum Gasteiger partial charge on any atom is -0.487 e. The third-order valence-corrected chi connectivity index (χ3v) is 8.12. The standard InChI is InChI=1S/C33H36F2N6O4/c1-17(2)27-28(18(3)10-11-37-27)41-23-14-20(24-21(34)8-7-9-22(24)36)26(35)29-25(23)30(38-31(41)42)40-13-12-39(15-19(40)16-44-29)32(43)45-33(4,5)6/h7-11,14,17,19H,12-13,15-16,36H2,1-6H3/t19-/m1/s1. The predicted octanol–water partition coefficient (Wildman–Crippen LogP) is 5.56. The Morgan fingerprint density at radius 2 is 1.93 bits per heavy atom. The zero-order chi connectivity index (χ0) is 32.4. The van der Waals surface area contributed by atoms with Gasteiger partial charge in [-0.25, -0.2) is 18.4 Å². The lowest BCUT2D eigenvalue weighted by molar-refractivity contribution is 0.0201. The molecule has 1 atom stereocenters. The Hall–Kier alpha value is -4.74. The van der Waals surface area contributed by atoms with Crippen molar-refractivity contribution < 1.29 is 23.0 Å². The van der Waals surface area contributed by atoms with Gasteiger partial charge < -0.3 is 25.0 Å². The van der Waals surface area contributed by atoms with E-state index in [4.69, 9.17) is 15.2 Å². The number of piperazine rings is 1. The second kappa shape index (κ2) is 11.0. The van der Waals surface area contributed by atoms with Gasteiger partial charge in [-0.1, -0.05) is 19.9 Å². The van der Waals surface area contributed by atoms with Crippen molar-refractivity contribution in [3.05, 3.63) is 69.9 Å². The predicted molar refractivity (Wildman–Crippen MR) is 168 cm³/mol. The fraction of sp³-hybridized carbons (Fsp3) is 0.394. The SMILES string of the molecule is Cc1ccnc(C(C)C)c1-n1c(=O)nc2c3c(c(F)c(-c4c(N)cccc4F)cc31)OC[C@H]1CN(C(=O)OC(C)(C)C)CCN21. The van der Waals surface area contributed by atoms with Crippen LogP contribution in [0.15, 0.2) is 41.3 Å². The summed E-state index contributed by atoms with van der Waals surface area (Å²) in [6.07, 6.45) is 1.19. The number of nitrogens with zero attached hydrogens (tertiary/aromatic N) is 5. The summed E-state index contributed by atoms with van der Waals surface area (Å²) in [5.74, 6) is -1.56. The molecule has 12 heteroatoms. The number of ether oxygens (including phenoxy) is 2. The van der Waals surface area contributed by atoms with Crippen LogP contribution in [0.4, 0.5) is 25.1 Å². The van der Waals surface area contributed by atoms with Gasteiger partial charge in [-0.3, -0.25) is 9.55 Å². The van der Waals surface area contributed by atoms with Crippen molar-refractivity contribution in [2.45, 2.75) is 59.1 Å². The van der Waals surface area contributed by atoms with Crippen LogP contribution in [0.2, 0.25) is 0 Å². The molecule has 0 spiro atoms. The average Bonchev–Trinajstić information content (AvgIpc) is 3.12. The van der Waals surface area contributed by atoms with E-state index >= 15 is 8.78 Å². The number of hydrogen-bond donors (Lipinski definition) is 1. The highest BCUT2D eigenvalue weighted by molar-refractivity contribution is 6.00. The van der Waals surface area contributed by atoms with E-state index < -0.39 is 35.1 Å². The van der Waals surface area contributed by atoms with Crippen LogP contribution in [-0.4, -0.2) is 63.4 Å². The first kappa shape index (κ1) is 30.3. The van der Waals surface area contributed by atoms with Gasteiger partial charge in [0.15, 0.2) is 11.6 Å². The van der Waals surface area contributed by atoms with Crippen molar-refractivity contribution in [2.75, 3.05) is 36.9 Å². The fourth-order valence-corrected chi connectivity index (χ4v) is 6.11. The van der Waals surface area contributed by atoms with Crippen LogP contribution < -0.4 is 21.1 Å². The van der Waals surface area contributed by atoms with E-state index in [-0.39, 0.29) is 58.4 Å². The van der Waals surface area contributed by atoms with Gasteiger partial charge in [-0.05, 0) is 63.4 Å². The Bertz CT molecular complexity index is 1880. The number of hydrogen-bond acceptors (Lipinski definition) is 8. The molecular weight excluding hydrogens is 582 g/mol. The summed E-state index contributed by atoms with van der Waals surface area (Å²) in [6, 6.07) is 6.88. The molecule has 2 aromatic carbocycles. The summed E-state index contributed by atoms with van der Waals surface area (Å²) in [6.45, 7) is 11.9. The Labute approximate surface area is 259 Å². The number of carbonyl (C=O) groups is 1. The number of nitrogen functional groups attached to an aromatic ring is 1. The van der Waals surface area contributed by atoms with Gasteiger partial charge in [0, 0.05) is 42.6 Å². The van der Waals surface area contributed by atoms with E-state index in [2.05, 4.69) is 9.97 Å². The normalized spacial score (nSPS) is 16.4. The number of aryl methyl sites for hydroxylation is 1. The molecule has 0 aliphatic carbocycles. The minimum absolute atomic E-state index is 0.0306. The van der Waals surface area contributed by atoms with Crippen molar-refractivity contribution in [1.82, 2.24) is 19.4 Å². The quantitative estimate of drug-likeness (QED) is 0.297. The van der Waals surface area contributed by atoms with Gasteiger partial charge in [-0.2, -0.15) is 4.98 Å². The molecule has 2 aromatic heterocycles. The second-order valence-corrected chi connectivity index (χ2v) is 12.8. The molecule has 45 heavy (non-hydrogen) atoms. The van der Waals surface area contributed by atoms with E-state index in [0.717, 1.165) is 5.56 Å². The van der Waals surface area contributed by atoms with E-state index in [1.54, 1.807) is 37.9 Å². The first-order valence-electron chi connectivity index (χ1n) is 14.9. The van der Waals surface area contributed by atoms with Gasteiger partial charge in [0.1, 0.15) is 23.8 Å². The zero-order valence-corrected chi connectivity index (χ0v) is 26.1. The Morgan fingerprint density at radius 3 is 2.62 bits per heavy atom. The van der Waals surface area contributed by atoms with Gasteiger partial charge in [0.2, 0.25) is 0 Å².